The zero-order chi connectivity index (χ0) is 14.4. The quantitative estimate of drug-likeness (QED) is 0.274. The largest absolute Gasteiger partial charge is 0.409 e. The number of oxime groups is 1. The molecule has 0 aliphatic carbocycles. The van der Waals surface area contributed by atoms with Gasteiger partial charge in [-0.15, -0.1) is 0 Å². The fourth-order valence-corrected chi connectivity index (χ4v) is 1.68. The highest BCUT2D eigenvalue weighted by Crippen LogP contribution is 2.04. The Morgan fingerprint density at radius 1 is 1.35 bits per heavy atom. The number of H-pyrrole nitrogens is 1. The molecule has 2 rings (SSSR count). The molecule has 0 unspecified atom stereocenters. The summed E-state index contributed by atoms with van der Waals surface area (Å²) in [5.74, 6) is 0.657. The highest BCUT2D eigenvalue weighted by molar-refractivity contribution is 5.99. The summed E-state index contributed by atoms with van der Waals surface area (Å²) in [6.07, 6.45) is 4.05. The van der Waals surface area contributed by atoms with Crippen molar-refractivity contribution >= 4 is 11.7 Å². The highest BCUT2D eigenvalue weighted by atomic mass is 16.4. The lowest BCUT2D eigenvalue weighted by Gasteiger charge is -2.05. The lowest BCUT2D eigenvalue weighted by atomic mass is 10.1. The summed E-state index contributed by atoms with van der Waals surface area (Å²) in [4.78, 5) is 18.9. The topological polar surface area (TPSA) is 116 Å². The third kappa shape index (κ3) is 3.35. The minimum Gasteiger partial charge on any atom is -0.409 e. The number of carbonyl (C=O) groups is 1. The Labute approximate surface area is 115 Å². The van der Waals surface area contributed by atoms with Crippen molar-refractivity contribution in [2.24, 2.45) is 10.9 Å². The second kappa shape index (κ2) is 6.37. The van der Waals surface area contributed by atoms with E-state index in [-0.39, 0.29) is 11.7 Å². The minimum atomic E-state index is -0.178. The molecule has 0 fully saturated rings. The zero-order valence-corrected chi connectivity index (χ0v) is 10.7. The Balaban J connectivity index is 1.89. The zero-order valence-electron chi connectivity index (χ0n) is 10.7. The Morgan fingerprint density at radius 3 is 2.65 bits per heavy atom. The van der Waals surface area contributed by atoms with Gasteiger partial charge in [-0.3, -0.25) is 4.79 Å². The number of hydrogen-bond donors (Lipinski definition) is 4. The number of amidine groups is 1. The molecular formula is C13H15N5O2. The van der Waals surface area contributed by atoms with Crippen LogP contribution in [0.5, 0.6) is 0 Å². The smallest absolute Gasteiger partial charge is 0.251 e. The number of aromatic nitrogens is 2. The lowest BCUT2D eigenvalue weighted by Crippen LogP contribution is -2.26. The highest BCUT2D eigenvalue weighted by Gasteiger charge is 2.06. The first kappa shape index (κ1) is 13.6. The fraction of sp³-hybridized carbons (Fsp3) is 0.154. The second-order valence-electron chi connectivity index (χ2n) is 4.10. The standard InChI is InChI=1S/C13H15N5O2/c14-12(18-20)9-1-3-10(4-2-9)13(19)17-6-5-11-15-7-8-16-11/h1-4,7-8,20H,5-6H2,(H2,14,18)(H,15,16)(H,17,19). The molecule has 0 aliphatic rings. The van der Waals surface area contributed by atoms with E-state index in [0.29, 0.717) is 24.1 Å². The summed E-state index contributed by atoms with van der Waals surface area (Å²) >= 11 is 0. The predicted molar refractivity (Wildman–Crippen MR) is 73.6 cm³/mol. The van der Waals surface area contributed by atoms with Crippen molar-refractivity contribution < 1.29 is 10.0 Å². The van der Waals surface area contributed by atoms with Gasteiger partial charge in [-0.2, -0.15) is 0 Å². The second-order valence-corrected chi connectivity index (χ2v) is 4.10. The number of nitrogens with two attached hydrogens (primary N) is 1. The van der Waals surface area contributed by atoms with Gasteiger partial charge in [0.15, 0.2) is 5.84 Å². The molecule has 0 spiro atoms. The third-order valence-corrected chi connectivity index (χ3v) is 2.75. The van der Waals surface area contributed by atoms with E-state index >= 15 is 0 Å². The van der Waals surface area contributed by atoms with Crippen LogP contribution in [0.15, 0.2) is 41.8 Å². The van der Waals surface area contributed by atoms with E-state index in [0.717, 1.165) is 5.82 Å². The van der Waals surface area contributed by atoms with Crippen LogP contribution in [0.2, 0.25) is 0 Å². The van der Waals surface area contributed by atoms with Gasteiger partial charge < -0.3 is 21.2 Å². The Bertz CT molecular complexity index is 590. The molecule has 0 saturated heterocycles. The van der Waals surface area contributed by atoms with Crippen LogP contribution in [0, 0.1) is 0 Å². The minimum absolute atomic E-state index is 0.00905. The van der Waals surface area contributed by atoms with Crippen LogP contribution < -0.4 is 11.1 Å². The van der Waals surface area contributed by atoms with Crippen molar-refractivity contribution in [3.05, 3.63) is 53.6 Å². The molecule has 5 N–H and O–H groups in total. The van der Waals surface area contributed by atoms with Crippen molar-refractivity contribution in [1.29, 1.82) is 0 Å². The SMILES string of the molecule is N/C(=N/O)c1ccc(C(=O)NCCc2ncc[nH]2)cc1. The first-order chi connectivity index (χ1) is 9.70. The summed E-state index contributed by atoms with van der Waals surface area (Å²) in [6, 6.07) is 6.48. The van der Waals surface area contributed by atoms with E-state index in [1.165, 1.54) is 0 Å². The van der Waals surface area contributed by atoms with Gasteiger partial charge in [-0.25, -0.2) is 4.98 Å². The van der Waals surface area contributed by atoms with E-state index in [1.54, 1.807) is 36.7 Å². The van der Waals surface area contributed by atoms with E-state index in [9.17, 15) is 4.79 Å². The average Bonchev–Trinajstić information content (AvgIpc) is 2.99. The summed E-state index contributed by atoms with van der Waals surface area (Å²) in [6.45, 7) is 0.494. The van der Waals surface area contributed by atoms with Crippen LogP contribution in [-0.4, -0.2) is 33.5 Å². The number of hydrogen-bond acceptors (Lipinski definition) is 4. The van der Waals surface area contributed by atoms with Gasteiger partial charge in [0.25, 0.3) is 5.91 Å². The van der Waals surface area contributed by atoms with Crippen molar-refractivity contribution in [2.75, 3.05) is 6.54 Å². The Hall–Kier alpha value is -2.83. The van der Waals surface area contributed by atoms with E-state index in [4.69, 9.17) is 10.9 Å². The van der Waals surface area contributed by atoms with Gasteiger partial charge in [0.1, 0.15) is 5.82 Å². The molecule has 0 radical (unpaired) electrons. The number of carbonyl (C=O) groups excluding carboxylic acids is 1. The molecule has 2 aromatic rings. The summed E-state index contributed by atoms with van der Waals surface area (Å²) < 4.78 is 0. The summed E-state index contributed by atoms with van der Waals surface area (Å²) in [5.41, 5.74) is 6.51. The molecule has 0 aliphatic heterocycles. The lowest BCUT2D eigenvalue weighted by molar-refractivity contribution is 0.0954. The first-order valence-corrected chi connectivity index (χ1v) is 6.05. The van der Waals surface area contributed by atoms with Crippen LogP contribution in [0.4, 0.5) is 0 Å². The third-order valence-electron chi connectivity index (χ3n) is 2.75. The van der Waals surface area contributed by atoms with Gasteiger partial charge >= 0.3 is 0 Å². The summed E-state index contributed by atoms with van der Waals surface area (Å²) in [7, 11) is 0. The van der Waals surface area contributed by atoms with Gasteiger partial charge in [-0.05, 0) is 12.1 Å². The van der Waals surface area contributed by atoms with Crippen molar-refractivity contribution in [3.63, 3.8) is 0 Å². The molecule has 7 nitrogen and oxygen atoms in total. The van der Waals surface area contributed by atoms with Gasteiger partial charge in [0.05, 0.1) is 0 Å². The Morgan fingerprint density at radius 2 is 2.05 bits per heavy atom. The number of rotatable bonds is 5. The van der Waals surface area contributed by atoms with Crippen LogP contribution in [0.1, 0.15) is 21.7 Å². The molecule has 1 amide bonds. The molecule has 1 heterocycles. The van der Waals surface area contributed by atoms with Gasteiger partial charge in [-0.1, -0.05) is 17.3 Å². The molecule has 0 saturated carbocycles. The fourth-order valence-electron chi connectivity index (χ4n) is 1.68. The average molecular weight is 273 g/mol. The number of aromatic amines is 1. The van der Waals surface area contributed by atoms with Gasteiger partial charge in [0.2, 0.25) is 0 Å². The van der Waals surface area contributed by atoms with E-state index in [1.807, 2.05) is 0 Å². The monoisotopic (exact) mass is 273 g/mol. The van der Waals surface area contributed by atoms with Crippen LogP contribution in [-0.2, 0) is 6.42 Å². The molecule has 0 atom stereocenters. The van der Waals surface area contributed by atoms with E-state index < -0.39 is 0 Å². The van der Waals surface area contributed by atoms with Crippen molar-refractivity contribution in [1.82, 2.24) is 15.3 Å². The van der Waals surface area contributed by atoms with Crippen LogP contribution in [0.3, 0.4) is 0 Å². The molecule has 1 aromatic heterocycles. The predicted octanol–water partition coefficient (Wildman–Crippen LogP) is 0.477. The Kier molecular flexibility index (Phi) is 4.33. The van der Waals surface area contributed by atoms with Gasteiger partial charge in [0, 0.05) is 36.5 Å². The molecular weight excluding hydrogens is 258 g/mol. The number of benzene rings is 1. The van der Waals surface area contributed by atoms with Crippen molar-refractivity contribution in [2.45, 2.75) is 6.42 Å². The number of imidazole rings is 1. The number of amides is 1. The molecule has 0 bridgehead atoms. The summed E-state index contributed by atoms with van der Waals surface area (Å²) in [5, 5.41) is 14.2. The molecule has 104 valence electrons. The number of nitrogens with one attached hydrogen (secondary N) is 2. The van der Waals surface area contributed by atoms with E-state index in [2.05, 4.69) is 20.4 Å². The molecule has 1 aromatic carbocycles. The first-order valence-electron chi connectivity index (χ1n) is 6.05. The van der Waals surface area contributed by atoms with Crippen LogP contribution in [0.25, 0.3) is 0 Å². The normalized spacial score (nSPS) is 11.3. The maximum Gasteiger partial charge on any atom is 0.251 e. The van der Waals surface area contributed by atoms with Crippen molar-refractivity contribution in [3.8, 4) is 0 Å². The maximum atomic E-state index is 11.9. The maximum absolute atomic E-state index is 11.9. The number of nitrogens with zero attached hydrogens (tertiary/aromatic N) is 2. The molecule has 7 heteroatoms. The molecule has 20 heavy (non-hydrogen) atoms. The van der Waals surface area contributed by atoms with Crippen LogP contribution >= 0.6 is 0 Å².